The fourth-order valence-electron chi connectivity index (χ4n) is 3.79. The Morgan fingerprint density at radius 3 is 2.72 bits per heavy atom. The second-order valence-electron chi connectivity index (χ2n) is 6.97. The molecule has 0 fully saturated rings. The van der Waals surface area contributed by atoms with E-state index in [0.29, 0.717) is 11.5 Å². The Kier molecular flexibility index (Phi) is 5.04. The largest absolute Gasteiger partial charge is 0.496 e. The number of fused-ring (bicyclic) bond motifs is 1. The summed E-state index contributed by atoms with van der Waals surface area (Å²) in [4.78, 5) is 25.7. The quantitative estimate of drug-likeness (QED) is 0.692. The van der Waals surface area contributed by atoms with E-state index >= 15 is 0 Å². The first-order valence-corrected chi connectivity index (χ1v) is 10.3. The lowest BCUT2D eigenvalue weighted by Gasteiger charge is -2.36. The number of thiophene rings is 1. The molecule has 8 heteroatoms. The Hall–Kier alpha value is -2.51. The SMILES string of the molecule is COC1=CC(=O)C[C@@H](C)[C@]12Oc1c(Cl)c(OC)cc(OCc3ccsc3)c1C2=O. The van der Waals surface area contributed by atoms with Crippen molar-refractivity contribution < 1.29 is 28.5 Å². The van der Waals surface area contributed by atoms with E-state index in [1.807, 2.05) is 16.8 Å². The summed E-state index contributed by atoms with van der Waals surface area (Å²) in [5, 5.41) is 4.09. The first kappa shape index (κ1) is 19.8. The van der Waals surface area contributed by atoms with Crippen molar-refractivity contribution in [3.63, 3.8) is 0 Å². The van der Waals surface area contributed by atoms with Crippen LogP contribution in [0.25, 0.3) is 0 Å². The molecule has 0 saturated carbocycles. The summed E-state index contributed by atoms with van der Waals surface area (Å²) < 4.78 is 22.9. The standard InChI is InChI=1S/C21H19ClO6S/c1-11-6-13(23)7-16(26-3)21(11)20(24)17-14(27-9-12-4-5-29-10-12)8-15(25-2)18(22)19(17)28-21/h4-5,7-8,10-11H,6,9H2,1-3H3/t11-,21+/m1/s1. The number of carbonyl (C=O) groups is 2. The third-order valence-corrected chi connectivity index (χ3v) is 6.34. The van der Waals surface area contributed by atoms with Gasteiger partial charge in [0.2, 0.25) is 11.4 Å². The van der Waals surface area contributed by atoms with Gasteiger partial charge in [0.25, 0.3) is 0 Å². The lowest BCUT2D eigenvalue weighted by Crippen LogP contribution is -2.51. The van der Waals surface area contributed by atoms with Crippen molar-refractivity contribution >= 4 is 34.5 Å². The molecule has 1 aromatic heterocycles. The van der Waals surface area contributed by atoms with Gasteiger partial charge in [-0.3, -0.25) is 9.59 Å². The highest BCUT2D eigenvalue weighted by Crippen LogP contribution is 2.54. The average Bonchev–Trinajstić information content (AvgIpc) is 3.32. The van der Waals surface area contributed by atoms with Gasteiger partial charge in [0.15, 0.2) is 17.3 Å². The van der Waals surface area contributed by atoms with Gasteiger partial charge in [-0.2, -0.15) is 11.3 Å². The van der Waals surface area contributed by atoms with Crippen molar-refractivity contribution in [3.05, 3.63) is 50.9 Å². The Morgan fingerprint density at radius 2 is 2.07 bits per heavy atom. The molecule has 2 atom stereocenters. The average molecular weight is 435 g/mol. The van der Waals surface area contributed by atoms with Crippen LogP contribution >= 0.6 is 22.9 Å². The molecule has 1 aromatic carbocycles. The number of carbonyl (C=O) groups excluding carboxylic acids is 2. The highest BCUT2D eigenvalue weighted by molar-refractivity contribution is 7.07. The second-order valence-corrected chi connectivity index (χ2v) is 8.12. The van der Waals surface area contributed by atoms with Crippen LogP contribution in [0.5, 0.6) is 17.2 Å². The number of ketones is 2. The number of halogens is 1. The van der Waals surface area contributed by atoms with Gasteiger partial charge in [0, 0.05) is 24.5 Å². The van der Waals surface area contributed by atoms with E-state index in [-0.39, 0.29) is 46.7 Å². The summed E-state index contributed by atoms with van der Waals surface area (Å²) >= 11 is 8.04. The molecule has 1 aliphatic carbocycles. The number of Topliss-reactive ketones (excluding diaryl/α,β-unsaturated/α-hetero) is 1. The maximum absolute atomic E-state index is 13.7. The molecule has 6 nitrogen and oxygen atoms in total. The maximum Gasteiger partial charge on any atom is 0.231 e. The summed E-state index contributed by atoms with van der Waals surface area (Å²) in [6.07, 6.45) is 1.48. The van der Waals surface area contributed by atoms with Crippen molar-refractivity contribution in [2.45, 2.75) is 25.6 Å². The molecule has 0 N–H and O–H groups in total. The molecule has 2 aliphatic rings. The van der Waals surface area contributed by atoms with E-state index in [2.05, 4.69) is 0 Å². The second kappa shape index (κ2) is 7.39. The minimum absolute atomic E-state index is 0.120. The fraction of sp³-hybridized carbons (Fsp3) is 0.333. The van der Waals surface area contributed by atoms with Crippen LogP contribution in [0, 0.1) is 5.92 Å². The van der Waals surface area contributed by atoms with Gasteiger partial charge in [-0.25, -0.2) is 0 Å². The normalized spacial score (nSPS) is 22.9. The third kappa shape index (κ3) is 3.00. The summed E-state index contributed by atoms with van der Waals surface area (Å²) in [6, 6.07) is 3.53. The number of rotatable bonds is 5. The number of benzene rings is 1. The zero-order valence-corrected chi connectivity index (χ0v) is 17.7. The monoisotopic (exact) mass is 434 g/mol. The van der Waals surface area contributed by atoms with Gasteiger partial charge < -0.3 is 18.9 Å². The number of methoxy groups -OCH3 is 2. The van der Waals surface area contributed by atoms with E-state index in [9.17, 15) is 9.59 Å². The Bertz CT molecular complexity index is 1010. The van der Waals surface area contributed by atoms with Gasteiger partial charge in [-0.1, -0.05) is 18.5 Å². The Morgan fingerprint density at radius 1 is 1.28 bits per heavy atom. The van der Waals surface area contributed by atoms with Crippen LogP contribution in [-0.2, 0) is 16.1 Å². The van der Waals surface area contributed by atoms with E-state index in [1.54, 1.807) is 24.3 Å². The highest BCUT2D eigenvalue weighted by atomic mass is 35.5. The van der Waals surface area contributed by atoms with Crippen molar-refractivity contribution in [2.75, 3.05) is 14.2 Å². The molecule has 4 rings (SSSR count). The molecule has 0 bridgehead atoms. The zero-order chi connectivity index (χ0) is 20.8. The van der Waals surface area contributed by atoms with Crippen LogP contribution in [0.2, 0.25) is 5.02 Å². The molecule has 0 radical (unpaired) electrons. The summed E-state index contributed by atoms with van der Waals surface area (Å²) in [7, 11) is 2.89. The fourth-order valence-corrected chi connectivity index (χ4v) is 4.71. The zero-order valence-electron chi connectivity index (χ0n) is 16.1. The third-order valence-electron chi connectivity index (χ3n) is 5.25. The smallest absolute Gasteiger partial charge is 0.231 e. The minimum atomic E-state index is -1.46. The predicted octanol–water partition coefficient (Wildman–Crippen LogP) is 4.44. The Labute approximate surface area is 177 Å². The number of hydrogen-bond acceptors (Lipinski definition) is 7. The van der Waals surface area contributed by atoms with Gasteiger partial charge in [-0.05, 0) is 22.4 Å². The van der Waals surface area contributed by atoms with Crippen molar-refractivity contribution in [2.24, 2.45) is 5.92 Å². The van der Waals surface area contributed by atoms with Crippen molar-refractivity contribution in [3.8, 4) is 17.2 Å². The summed E-state index contributed by atoms with van der Waals surface area (Å²) in [5.74, 6) is 0.0887. The molecule has 2 heterocycles. The minimum Gasteiger partial charge on any atom is -0.496 e. The van der Waals surface area contributed by atoms with Crippen LogP contribution in [0.15, 0.2) is 34.7 Å². The molecule has 152 valence electrons. The van der Waals surface area contributed by atoms with Crippen LogP contribution in [0.3, 0.4) is 0 Å². The molecule has 0 amide bonds. The van der Waals surface area contributed by atoms with E-state index in [0.717, 1.165) is 5.56 Å². The molecular weight excluding hydrogens is 416 g/mol. The summed E-state index contributed by atoms with van der Waals surface area (Å²) in [5.41, 5.74) is -0.246. The predicted molar refractivity (Wildman–Crippen MR) is 108 cm³/mol. The molecule has 1 aliphatic heterocycles. The van der Waals surface area contributed by atoms with Crippen LogP contribution in [0.1, 0.15) is 29.3 Å². The van der Waals surface area contributed by atoms with Gasteiger partial charge >= 0.3 is 0 Å². The van der Waals surface area contributed by atoms with E-state index in [1.165, 1.54) is 20.3 Å². The molecule has 2 aromatic rings. The highest BCUT2D eigenvalue weighted by Gasteiger charge is 2.59. The van der Waals surface area contributed by atoms with Crippen LogP contribution in [-0.4, -0.2) is 31.4 Å². The lowest BCUT2D eigenvalue weighted by molar-refractivity contribution is -0.118. The molecular formula is C21H19ClO6S. The van der Waals surface area contributed by atoms with Gasteiger partial charge in [0.05, 0.1) is 14.2 Å². The van der Waals surface area contributed by atoms with Gasteiger partial charge in [-0.15, -0.1) is 0 Å². The van der Waals surface area contributed by atoms with E-state index < -0.39 is 11.5 Å². The molecule has 1 spiro atoms. The Balaban J connectivity index is 1.83. The van der Waals surface area contributed by atoms with Crippen molar-refractivity contribution in [1.82, 2.24) is 0 Å². The topological polar surface area (TPSA) is 71.1 Å². The number of ether oxygens (including phenoxy) is 4. The number of allylic oxidation sites excluding steroid dienone is 1. The first-order valence-electron chi connectivity index (χ1n) is 8.99. The molecule has 29 heavy (non-hydrogen) atoms. The van der Waals surface area contributed by atoms with Crippen molar-refractivity contribution in [1.29, 1.82) is 0 Å². The molecule has 0 unspecified atom stereocenters. The lowest BCUT2D eigenvalue weighted by atomic mass is 9.75. The first-order chi connectivity index (χ1) is 13.9. The summed E-state index contributed by atoms with van der Waals surface area (Å²) in [6.45, 7) is 2.06. The van der Waals surface area contributed by atoms with Crippen LogP contribution in [0.4, 0.5) is 0 Å². The number of hydrogen-bond donors (Lipinski definition) is 0. The maximum atomic E-state index is 13.7. The molecule has 0 saturated heterocycles. The van der Waals surface area contributed by atoms with Gasteiger partial charge in [0.1, 0.15) is 28.7 Å². The van der Waals surface area contributed by atoms with Crippen LogP contribution < -0.4 is 14.2 Å². The van der Waals surface area contributed by atoms with E-state index in [4.69, 9.17) is 30.5 Å².